The first-order chi connectivity index (χ1) is 14.7. The van der Waals surface area contributed by atoms with E-state index in [-0.39, 0.29) is 13.1 Å². The van der Waals surface area contributed by atoms with Crippen molar-refractivity contribution in [3.05, 3.63) is 92.7 Å². The van der Waals surface area contributed by atoms with Crippen LogP contribution in [0.2, 0.25) is 0 Å². The quantitative estimate of drug-likeness (QED) is 0.301. The van der Waals surface area contributed by atoms with Gasteiger partial charge >= 0.3 is 6.18 Å². The average molecular weight is 511 g/mol. The lowest BCUT2D eigenvalue weighted by Gasteiger charge is -2.13. The van der Waals surface area contributed by atoms with Gasteiger partial charge in [0.2, 0.25) is 0 Å². The number of aromatic nitrogens is 1. The third-order valence-electron chi connectivity index (χ3n) is 4.83. The number of carbonyl (C=O) groups excluding carboxylic acids is 1. The molecule has 0 spiro atoms. The third-order valence-corrected chi connectivity index (χ3v) is 6.66. The summed E-state index contributed by atoms with van der Waals surface area (Å²) in [5.74, 6) is -0.808. The zero-order valence-corrected chi connectivity index (χ0v) is 18.2. The van der Waals surface area contributed by atoms with Gasteiger partial charge in [0, 0.05) is 24.0 Å². The molecule has 160 valence electrons. The Morgan fingerprint density at radius 2 is 1.81 bits per heavy atom. The third kappa shape index (κ3) is 4.52. The van der Waals surface area contributed by atoms with Crippen LogP contribution in [0.15, 0.2) is 64.5 Å². The maximum absolute atomic E-state index is 13.9. The largest absolute Gasteiger partial charge is 0.416 e. The van der Waals surface area contributed by atoms with Crippen molar-refractivity contribution in [1.29, 1.82) is 0 Å². The second kappa shape index (κ2) is 8.47. The highest BCUT2D eigenvalue weighted by atomic mass is 79.9. The summed E-state index contributed by atoms with van der Waals surface area (Å²) < 4.78 is 55.8. The number of rotatable bonds is 5. The van der Waals surface area contributed by atoms with Crippen LogP contribution in [-0.2, 0) is 19.3 Å². The zero-order valence-electron chi connectivity index (χ0n) is 15.8. The van der Waals surface area contributed by atoms with Gasteiger partial charge in [0.15, 0.2) is 0 Å². The standard InChI is InChI=1S/C22H15BrF4N2OS/c23-16-12-31-19-9-18(21(30)28-10-14-3-1-2-4-17(14)24)29(20(16)19)11-13-5-7-15(8-6-13)22(25,26)27/h1-9,12H,10-11H2,(H,28,30). The predicted molar refractivity (Wildman–Crippen MR) is 116 cm³/mol. The van der Waals surface area contributed by atoms with Crippen molar-refractivity contribution in [2.75, 3.05) is 0 Å². The topological polar surface area (TPSA) is 34.0 Å². The average Bonchev–Trinajstić information content (AvgIpc) is 3.27. The Morgan fingerprint density at radius 1 is 1.10 bits per heavy atom. The van der Waals surface area contributed by atoms with Crippen molar-refractivity contribution in [2.24, 2.45) is 0 Å². The van der Waals surface area contributed by atoms with E-state index >= 15 is 0 Å². The van der Waals surface area contributed by atoms with E-state index in [0.29, 0.717) is 16.8 Å². The molecule has 4 aromatic rings. The molecular weight excluding hydrogens is 496 g/mol. The maximum Gasteiger partial charge on any atom is 0.416 e. The number of nitrogens with one attached hydrogen (secondary N) is 1. The Hall–Kier alpha value is -2.65. The molecule has 0 aliphatic carbocycles. The van der Waals surface area contributed by atoms with Gasteiger partial charge in [-0.1, -0.05) is 30.3 Å². The Balaban J connectivity index is 1.63. The molecule has 0 atom stereocenters. The van der Waals surface area contributed by atoms with E-state index < -0.39 is 23.5 Å². The van der Waals surface area contributed by atoms with Crippen LogP contribution in [0.1, 0.15) is 27.2 Å². The Labute approximate surface area is 187 Å². The van der Waals surface area contributed by atoms with Gasteiger partial charge in [-0.05, 0) is 45.8 Å². The molecule has 2 aromatic heterocycles. The maximum atomic E-state index is 13.9. The fourth-order valence-corrected chi connectivity index (χ4v) is 4.97. The van der Waals surface area contributed by atoms with Crippen molar-refractivity contribution >= 4 is 43.4 Å². The van der Waals surface area contributed by atoms with E-state index in [4.69, 9.17) is 0 Å². The first-order valence-electron chi connectivity index (χ1n) is 9.18. The molecule has 0 saturated heterocycles. The van der Waals surface area contributed by atoms with Gasteiger partial charge in [-0.15, -0.1) is 11.3 Å². The molecular formula is C22H15BrF4N2OS. The van der Waals surface area contributed by atoms with Gasteiger partial charge in [-0.3, -0.25) is 4.79 Å². The zero-order chi connectivity index (χ0) is 22.2. The minimum Gasteiger partial charge on any atom is -0.347 e. The number of hydrogen-bond acceptors (Lipinski definition) is 2. The van der Waals surface area contributed by atoms with Crippen LogP contribution in [0, 0.1) is 5.82 Å². The SMILES string of the molecule is O=C(NCc1ccccc1F)c1cc2scc(Br)c2n1Cc1ccc(C(F)(F)F)cc1. The summed E-state index contributed by atoms with van der Waals surface area (Å²) in [6, 6.07) is 12.7. The molecule has 2 heterocycles. The van der Waals surface area contributed by atoms with Crippen LogP contribution >= 0.6 is 27.3 Å². The number of amides is 1. The molecule has 1 N–H and O–H groups in total. The van der Waals surface area contributed by atoms with Crippen molar-refractivity contribution in [1.82, 2.24) is 9.88 Å². The highest BCUT2D eigenvalue weighted by Gasteiger charge is 2.30. The number of benzene rings is 2. The van der Waals surface area contributed by atoms with Crippen LogP contribution in [0.3, 0.4) is 0 Å². The van der Waals surface area contributed by atoms with Gasteiger partial charge in [0.05, 0.1) is 20.3 Å². The predicted octanol–water partition coefficient (Wildman–Crippen LogP) is 6.60. The number of halogens is 5. The summed E-state index contributed by atoms with van der Waals surface area (Å²) >= 11 is 4.92. The lowest BCUT2D eigenvalue weighted by atomic mass is 10.1. The van der Waals surface area contributed by atoms with Crippen LogP contribution in [0.5, 0.6) is 0 Å². The van der Waals surface area contributed by atoms with E-state index in [1.54, 1.807) is 28.8 Å². The van der Waals surface area contributed by atoms with Gasteiger partial charge in [-0.2, -0.15) is 13.2 Å². The van der Waals surface area contributed by atoms with Crippen LogP contribution in [-0.4, -0.2) is 10.5 Å². The molecule has 2 aromatic carbocycles. The minimum atomic E-state index is -4.41. The summed E-state index contributed by atoms with van der Waals surface area (Å²) in [5.41, 5.74) is 1.37. The summed E-state index contributed by atoms with van der Waals surface area (Å²) in [5, 5.41) is 4.61. The van der Waals surface area contributed by atoms with Crippen molar-refractivity contribution in [2.45, 2.75) is 19.3 Å². The van der Waals surface area contributed by atoms with Crippen molar-refractivity contribution in [3.8, 4) is 0 Å². The smallest absolute Gasteiger partial charge is 0.347 e. The molecule has 0 fully saturated rings. The van der Waals surface area contributed by atoms with Gasteiger partial charge in [-0.25, -0.2) is 4.39 Å². The monoisotopic (exact) mass is 510 g/mol. The van der Waals surface area contributed by atoms with Crippen LogP contribution in [0.25, 0.3) is 10.2 Å². The van der Waals surface area contributed by atoms with Crippen molar-refractivity contribution in [3.63, 3.8) is 0 Å². The summed E-state index contributed by atoms with van der Waals surface area (Å²) in [6.45, 7) is 0.227. The molecule has 0 aliphatic rings. The highest BCUT2D eigenvalue weighted by Crippen LogP contribution is 2.34. The van der Waals surface area contributed by atoms with E-state index in [1.807, 2.05) is 5.38 Å². The second-order valence-electron chi connectivity index (χ2n) is 6.88. The van der Waals surface area contributed by atoms with Gasteiger partial charge in [0.25, 0.3) is 5.91 Å². The van der Waals surface area contributed by atoms with E-state index in [9.17, 15) is 22.4 Å². The lowest BCUT2D eigenvalue weighted by Crippen LogP contribution is -2.26. The molecule has 0 unspecified atom stereocenters. The normalized spacial score (nSPS) is 11.8. The Morgan fingerprint density at radius 3 is 2.48 bits per heavy atom. The fraction of sp³-hybridized carbons (Fsp3) is 0.136. The van der Waals surface area contributed by atoms with Gasteiger partial charge < -0.3 is 9.88 Å². The molecule has 31 heavy (non-hydrogen) atoms. The number of thiophene rings is 1. The first-order valence-corrected chi connectivity index (χ1v) is 10.9. The van der Waals surface area contributed by atoms with Crippen LogP contribution < -0.4 is 5.32 Å². The van der Waals surface area contributed by atoms with E-state index in [0.717, 1.165) is 26.8 Å². The fourth-order valence-electron chi connectivity index (χ4n) is 3.27. The van der Waals surface area contributed by atoms with Gasteiger partial charge in [0.1, 0.15) is 11.5 Å². The lowest BCUT2D eigenvalue weighted by molar-refractivity contribution is -0.137. The summed E-state index contributed by atoms with van der Waals surface area (Å²) in [6.07, 6.45) is -4.41. The molecule has 0 saturated carbocycles. The number of hydrogen-bond donors (Lipinski definition) is 1. The number of fused-ring (bicyclic) bond motifs is 1. The van der Waals surface area contributed by atoms with Crippen LogP contribution in [0.4, 0.5) is 17.6 Å². The highest BCUT2D eigenvalue weighted by molar-refractivity contribution is 9.10. The van der Waals surface area contributed by atoms with Crippen molar-refractivity contribution < 1.29 is 22.4 Å². The summed E-state index contributed by atoms with van der Waals surface area (Å²) in [7, 11) is 0. The van der Waals surface area contributed by atoms with E-state index in [1.165, 1.54) is 29.5 Å². The first kappa shape index (κ1) is 21.6. The summed E-state index contributed by atoms with van der Waals surface area (Å²) in [4.78, 5) is 12.9. The molecule has 3 nitrogen and oxygen atoms in total. The number of alkyl halides is 3. The molecule has 1 amide bonds. The number of nitrogens with zero attached hydrogens (tertiary/aromatic N) is 1. The Bertz CT molecular complexity index is 1240. The molecule has 0 bridgehead atoms. The minimum absolute atomic E-state index is 0.0196. The molecule has 0 radical (unpaired) electrons. The van der Waals surface area contributed by atoms with E-state index in [2.05, 4.69) is 21.2 Å². The number of carbonyl (C=O) groups is 1. The Kier molecular flexibility index (Phi) is 5.90. The molecule has 9 heteroatoms. The second-order valence-corrected chi connectivity index (χ2v) is 8.65. The molecule has 0 aliphatic heterocycles. The molecule has 4 rings (SSSR count).